The summed E-state index contributed by atoms with van der Waals surface area (Å²) >= 11 is 1.89. The van der Waals surface area contributed by atoms with Crippen LogP contribution >= 0.6 is 11.3 Å². The quantitative estimate of drug-likeness (QED) is 0.172. The standard InChI is InChI=1S/C52H32N2S/c1-2-12-33(13-3-1)34-16-10-17-39(28-34)53-46-21-8-6-18-40(46)43-30-37(24-26-47(43)53)38-25-27-48-44(31-38)45-29-35-14-4-5-15-36(35)32-50(45)54(48)49-22-11-20-42-41-19-7-9-23-51(41)55-52(42)49/h1-32H. The lowest BCUT2D eigenvalue weighted by Gasteiger charge is -2.11. The molecule has 0 aliphatic rings. The van der Waals surface area contributed by atoms with Crippen molar-refractivity contribution >= 4 is 85.9 Å². The van der Waals surface area contributed by atoms with Crippen LogP contribution in [-0.2, 0) is 0 Å². The molecule has 0 unspecified atom stereocenters. The molecule has 12 rings (SSSR count). The Labute approximate surface area is 321 Å². The van der Waals surface area contributed by atoms with Crippen LogP contribution in [0.5, 0.6) is 0 Å². The smallest absolute Gasteiger partial charge is 0.0640 e. The molecule has 0 radical (unpaired) electrons. The van der Waals surface area contributed by atoms with Crippen LogP contribution in [0, 0.1) is 0 Å². The minimum Gasteiger partial charge on any atom is -0.309 e. The van der Waals surface area contributed by atoms with Gasteiger partial charge in [0.2, 0.25) is 0 Å². The Morgan fingerprint density at radius 1 is 0.309 bits per heavy atom. The molecule has 0 saturated heterocycles. The second-order valence-electron chi connectivity index (χ2n) is 14.5. The van der Waals surface area contributed by atoms with Crippen LogP contribution in [0.4, 0.5) is 0 Å². The van der Waals surface area contributed by atoms with E-state index >= 15 is 0 Å². The van der Waals surface area contributed by atoms with Gasteiger partial charge in [0.1, 0.15) is 0 Å². The van der Waals surface area contributed by atoms with Crippen molar-refractivity contribution in [2.45, 2.75) is 0 Å². The molecule has 0 amide bonds. The Bertz CT molecular complexity index is 3490. The topological polar surface area (TPSA) is 9.86 Å². The summed E-state index contributed by atoms with van der Waals surface area (Å²) in [6.07, 6.45) is 0. The second-order valence-corrected chi connectivity index (χ2v) is 15.6. The normalized spacial score (nSPS) is 12.0. The molecule has 0 atom stereocenters. The average Bonchev–Trinajstić information content (AvgIpc) is 3.90. The molecule has 3 heterocycles. The Morgan fingerprint density at radius 3 is 1.73 bits per heavy atom. The van der Waals surface area contributed by atoms with Crippen molar-refractivity contribution in [3.8, 4) is 33.6 Å². The van der Waals surface area contributed by atoms with Gasteiger partial charge < -0.3 is 9.13 Å². The van der Waals surface area contributed by atoms with Crippen molar-refractivity contribution in [2.24, 2.45) is 0 Å². The van der Waals surface area contributed by atoms with E-state index in [4.69, 9.17) is 0 Å². The fourth-order valence-corrected chi connectivity index (χ4v) is 10.1. The number of aromatic nitrogens is 2. The molecule has 3 heteroatoms. The van der Waals surface area contributed by atoms with Gasteiger partial charge in [-0.05, 0) is 99.8 Å². The van der Waals surface area contributed by atoms with E-state index in [0.29, 0.717) is 0 Å². The van der Waals surface area contributed by atoms with Gasteiger partial charge in [-0.15, -0.1) is 11.3 Å². The largest absolute Gasteiger partial charge is 0.309 e. The predicted molar refractivity (Wildman–Crippen MR) is 236 cm³/mol. The summed E-state index contributed by atoms with van der Waals surface area (Å²) in [6.45, 7) is 0. The van der Waals surface area contributed by atoms with Crippen molar-refractivity contribution < 1.29 is 0 Å². The van der Waals surface area contributed by atoms with E-state index in [0.717, 1.165) is 5.69 Å². The van der Waals surface area contributed by atoms with Crippen LogP contribution in [0.2, 0.25) is 0 Å². The predicted octanol–water partition coefficient (Wildman–Crippen LogP) is 14.7. The van der Waals surface area contributed by atoms with Crippen LogP contribution in [0.15, 0.2) is 194 Å². The minimum absolute atomic E-state index is 1.16. The molecule has 256 valence electrons. The van der Waals surface area contributed by atoms with E-state index in [1.165, 1.54) is 102 Å². The summed E-state index contributed by atoms with van der Waals surface area (Å²) in [5.74, 6) is 0. The highest BCUT2D eigenvalue weighted by molar-refractivity contribution is 7.26. The second kappa shape index (κ2) is 11.8. The van der Waals surface area contributed by atoms with Crippen molar-refractivity contribution in [1.82, 2.24) is 9.13 Å². The lowest BCUT2D eigenvalue weighted by Crippen LogP contribution is -1.94. The molecule has 0 N–H and O–H groups in total. The molecule has 0 spiro atoms. The zero-order chi connectivity index (χ0) is 36.0. The van der Waals surface area contributed by atoms with Crippen LogP contribution in [0.1, 0.15) is 0 Å². The number of hydrogen-bond donors (Lipinski definition) is 0. The maximum atomic E-state index is 2.50. The van der Waals surface area contributed by atoms with Gasteiger partial charge >= 0.3 is 0 Å². The number of fused-ring (bicyclic) bond motifs is 10. The van der Waals surface area contributed by atoms with Crippen LogP contribution < -0.4 is 0 Å². The maximum Gasteiger partial charge on any atom is 0.0640 e. The van der Waals surface area contributed by atoms with Crippen molar-refractivity contribution in [3.63, 3.8) is 0 Å². The fraction of sp³-hybridized carbons (Fsp3) is 0. The Balaban J connectivity index is 1.07. The molecule has 9 aromatic carbocycles. The highest BCUT2D eigenvalue weighted by atomic mass is 32.1. The first kappa shape index (κ1) is 30.5. The summed E-state index contributed by atoms with van der Waals surface area (Å²) in [5.41, 5.74) is 12.1. The molecule has 2 nitrogen and oxygen atoms in total. The molecule has 0 saturated carbocycles. The van der Waals surface area contributed by atoms with Gasteiger partial charge in [-0.3, -0.25) is 0 Å². The summed E-state index contributed by atoms with van der Waals surface area (Å²) in [6, 6.07) is 71.5. The van der Waals surface area contributed by atoms with Gasteiger partial charge in [-0.1, -0.05) is 127 Å². The molecule has 0 fully saturated rings. The van der Waals surface area contributed by atoms with Gasteiger partial charge in [0.05, 0.1) is 32.5 Å². The summed E-state index contributed by atoms with van der Waals surface area (Å²) in [4.78, 5) is 0. The summed E-state index contributed by atoms with van der Waals surface area (Å²) in [7, 11) is 0. The molecular formula is C52H32N2S. The van der Waals surface area contributed by atoms with Gasteiger partial charge in [-0.2, -0.15) is 0 Å². The first-order chi connectivity index (χ1) is 27.3. The van der Waals surface area contributed by atoms with E-state index in [2.05, 4.69) is 203 Å². The number of thiophene rings is 1. The third-order valence-electron chi connectivity index (χ3n) is 11.5. The highest BCUT2D eigenvalue weighted by Crippen LogP contribution is 2.43. The fourth-order valence-electron chi connectivity index (χ4n) is 8.94. The van der Waals surface area contributed by atoms with Crippen LogP contribution in [0.25, 0.3) is 108 Å². The van der Waals surface area contributed by atoms with E-state index in [1.54, 1.807) is 0 Å². The van der Waals surface area contributed by atoms with Gasteiger partial charge in [0, 0.05) is 42.7 Å². The minimum atomic E-state index is 1.16. The summed E-state index contributed by atoms with van der Waals surface area (Å²) in [5, 5.41) is 10.2. The molecule has 0 aliphatic heterocycles. The van der Waals surface area contributed by atoms with E-state index < -0.39 is 0 Å². The van der Waals surface area contributed by atoms with Crippen molar-refractivity contribution in [3.05, 3.63) is 194 Å². The molecule has 12 aromatic rings. The Kier molecular flexibility index (Phi) is 6.54. The lowest BCUT2D eigenvalue weighted by atomic mass is 10.00. The van der Waals surface area contributed by atoms with E-state index in [1.807, 2.05) is 11.3 Å². The number of para-hydroxylation sites is 1. The van der Waals surface area contributed by atoms with Gasteiger partial charge in [0.15, 0.2) is 0 Å². The monoisotopic (exact) mass is 716 g/mol. The van der Waals surface area contributed by atoms with E-state index in [9.17, 15) is 0 Å². The van der Waals surface area contributed by atoms with Crippen molar-refractivity contribution in [1.29, 1.82) is 0 Å². The Morgan fingerprint density at radius 2 is 0.891 bits per heavy atom. The third-order valence-corrected chi connectivity index (χ3v) is 12.7. The maximum absolute atomic E-state index is 2.50. The lowest BCUT2D eigenvalue weighted by molar-refractivity contribution is 1.18. The van der Waals surface area contributed by atoms with Crippen LogP contribution in [0.3, 0.4) is 0 Å². The number of hydrogen-bond acceptors (Lipinski definition) is 1. The Hall–Kier alpha value is -6.94. The third kappa shape index (κ3) is 4.60. The van der Waals surface area contributed by atoms with E-state index in [-0.39, 0.29) is 0 Å². The molecule has 55 heavy (non-hydrogen) atoms. The molecular weight excluding hydrogens is 685 g/mol. The van der Waals surface area contributed by atoms with Gasteiger partial charge in [-0.25, -0.2) is 0 Å². The average molecular weight is 717 g/mol. The molecule has 0 aliphatic carbocycles. The number of rotatable bonds is 4. The zero-order valence-electron chi connectivity index (χ0n) is 29.8. The first-order valence-corrected chi connectivity index (χ1v) is 19.7. The number of benzene rings is 9. The van der Waals surface area contributed by atoms with Gasteiger partial charge in [0.25, 0.3) is 0 Å². The SMILES string of the molecule is c1ccc(-c2cccc(-n3c4ccccc4c4cc(-c5ccc6c(c5)c5cc7ccccc7cc5n6-c5cccc6c5sc5ccccc56)ccc43)c2)cc1. The van der Waals surface area contributed by atoms with Crippen molar-refractivity contribution in [2.75, 3.05) is 0 Å². The number of nitrogens with zero attached hydrogens (tertiary/aromatic N) is 2. The first-order valence-electron chi connectivity index (χ1n) is 18.8. The highest BCUT2D eigenvalue weighted by Gasteiger charge is 2.19. The summed E-state index contributed by atoms with van der Waals surface area (Å²) < 4.78 is 7.55. The zero-order valence-corrected chi connectivity index (χ0v) is 30.6. The van der Waals surface area contributed by atoms with Crippen LogP contribution in [-0.4, -0.2) is 9.13 Å². The molecule has 0 bridgehead atoms. The molecule has 3 aromatic heterocycles.